The van der Waals surface area contributed by atoms with Crippen LogP contribution in [0, 0.1) is 5.92 Å². The van der Waals surface area contributed by atoms with Gasteiger partial charge >= 0.3 is 0 Å². The molecule has 19 heavy (non-hydrogen) atoms. The highest BCUT2D eigenvalue weighted by Gasteiger charge is 2.26. The molecular formula is C14H17NO4. The minimum atomic E-state index is -0.195. The summed E-state index contributed by atoms with van der Waals surface area (Å²) < 4.78 is 10.8. The summed E-state index contributed by atoms with van der Waals surface area (Å²) in [6, 6.07) is 7.38. The third-order valence-electron chi connectivity index (χ3n) is 3.15. The van der Waals surface area contributed by atoms with Gasteiger partial charge in [-0.2, -0.15) is 0 Å². The molecule has 1 fully saturated rings. The van der Waals surface area contributed by atoms with Crippen LogP contribution in [0.15, 0.2) is 24.3 Å². The molecule has 0 aromatic heterocycles. The van der Waals surface area contributed by atoms with Crippen LogP contribution in [0.4, 0.5) is 0 Å². The van der Waals surface area contributed by atoms with Crippen LogP contribution in [0.5, 0.6) is 11.5 Å². The first kappa shape index (κ1) is 13.4. The molecule has 5 heteroatoms. The third kappa shape index (κ3) is 3.47. The predicted octanol–water partition coefficient (Wildman–Crippen LogP) is 1.52. The largest absolute Gasteiger partial charge is 0.493 e. The molecule has 1 atom stereocenters. The minimum absolute atomic E-state index is 0.146. The van der Waals surface area contributed by atoms with Crippen LogP contribution in [0.25, 0.3) is 0 Å². The molecule has 1 unspecified atom stereocenters. The van der Waals surface area contributed by atoms with Crippen LogP contribution in [0.3, 0.4) is 0 Å². The summed E-state index contributed by atoms with van der Waals surface area (Å²) in [5.41, 5.74) is 0. The van der Waals surface area contributed by atoms with Crippen LogP contribution in [0.1, 0.15) is 19.3 Å². The molecule has 1 aliphatic heterocycles. The van der Waals surface area contributed by atoms with Gasteiger partial charge in [0.1, 0.15) is 0 Å². The van der Waals surface area contributed by atoms with Crippen LogP contribution in [-0.2, 0) is 9.59 Å². The van der Waals surface area contributed by atoms with Gasteiger partial charge < -0.3 is 9.47 Å². The second-order valence-corrected chi connectivity index (χ2v) is 4.44. The molecular weight excluding hydrogens is 246 g/mol. The molecule has 1 heterocycles. The van der Waals surface area contributed by atoms with Gasteiger partial charge in [-0.3, -0.25) is 14.9 Å². The molecule has 2 amide bonds. The maximum Gasteiger partial charge on any atom is 0.229 e. The number of methoxy groups -OCH3 is 1. The van der Waals surface area contributed by atoms with E-state index in [2.05, 4.69) is 5.32 Å². The number of amides is 2. The van der Waals surface area contributed by atoms with E-state index in [4.69, 9.17) is 9.47 Å². The SMILES string of the molecule is COc1ccccc1OCCC1CCC(=O)NC1=O. The lowest BCUT2D eigenvalue weighted by molar-refractivity contribution is -0.136. The summed E-state index contributed by atoms with van der Waals surface area (Å²) in [5.74, 6) is 0.808. The Labute approximate surface area is 111 Å². The van der Waals surface area contributed by atoms with E-state index < -0.39 is 0 Å². The van der Waals surface area contributed by atoms with Crippen LogP contribution in [0.2, 0.25) is 0 Å². The van der Waals surface area contributed by atoms with Crippen molar-refractivity contribution in [2.24, 2.45) is 5.92 Å². The first-order chi connectivity index (χ1) is 9.20. The van der Waals surface area contributed by atoms with Gasteiger partial charge in [-0.05, 0) is 25.0 Å². The highest BCUT2D eigenvalue weighted by atomic mass is 16.5. The number of benzene rings is 1. The van der Waals surface area contributed by atoms with Crippen molar-refractivity contribution in [2.45, 2.75) is 19.3 Å². The van der Waals surface area contributed by atoms with Crippen molar-refractivity contribution in [3.8, 4) is 11.5 Å². The topological polar surface area (TPSA) is 64.6 Å². The lowest BCUT2D eigenvalue weighted by Crippen LogP contribution is -2.41. The zero-order valence-corrected chi connectivity index (χ0v) is 10.8. The van der Waals surface area contributed by atoms with Gasteiger partial charge in [0.05, 0.1) is 13.7 Å². The number of piperidine rings is 1. The number of ether oxygens (including phenoxy) is 2. The second kappa shape index (κ2) is 6.22. The van der Waals surface area contributed by atoms with Gasteiger partial charge in [0.15, 0.2) is 11.5 Å². The van der Waals surface area contributed by atoms with E-state index in [1.54, 1.807) is 7.11 Å². The first-order valence-corrected chi connectivity index (χ1v) is 6.30. The summed E-state index contributed by atoms with van der Waals surface area (Å²) >= 11 is 0. The molecule has 1 N–H and O–H groups in total. The number of hydrogen-bond donors (Lipinski definition) is 1. The third-order valence-corrected chi connectivity index (χ3v) is 3.15. The number of para-hydroxylation sites is 2. The first-order valence-electron chi connectivity index (χ1n) is 6.30. The monoisotopic (exact) mass is 263 g/mol. The van der Waals surface area contributed by atoms with Crippen molar-refractivity contribution >= 4 is 11.8 Å². The fraction of sp³-hybridized carbons (Fsp3) is 0.429. The normalized spacial score (nSPS) is 18.9. The maximum absolute atomic E-state index is 11.6. The standard InChI is InChI=1S/C14H17NO4/c1-18-11-4-2-3-5-12(11)19-9-8-10-6-7-13(16)15-14(10)17/h2-5,10H,6-9H2,1H3,(H,15,16,17). The number of imide groups is 1. The molecule has 1 saturated heterocycles. The maximum atomic E-state index is 11.6. The van der Waals surface area contributed by atoms with Gasteiger partial charge in [-0.25, -0.2) is 0 Å². The van der Waals surface area contributed by atoms with Crippen LogP contribution >= 0.6 is 0 Å². The van der Waals surface area contributed by atoms with Gasteiger partial charge in [0, 0.05) is 12.3 Å². The quantitative estimate of drug-likeness (QED) is 0.818. The van der Waals surface area contributed by atoms with Gasteiger partial charge in [0.25, 0.3) is 0 Å². The van der Waals surface area contributed by atoms with E-state index in [0.717, 1.165) is 0 Å². The fourth-order valence-corrected chi connectivity index (χ4v) is 2.06. The Balaban J connectivity index is 1.83. The highest BCUT2D eigenvalue weighted by molar-refractivity contribution is 5.98. The predicted molar refractivity (Wildman–Crippen MR) is 69.0 cm³/mol. The molecule has 102 valence electrons. The molecule has 1 aromatic carbocycles. The fourth-order valence-electron chi connectivity index (χ4n) is 2.06. The van der Waals surface area contributed by atoms with Crippen molar-refractivity contribution in [2.75, 3.05) is 13.7 Å². The lowest BCUT2D eigenvalue weighted by atomic mass is 9.95. The Morgan fingerprint density at radius 3 is 2.68 bits per heavy atom. The van der Waals surface area contributed by atoms with Crippen molar-refractivity contribution in [1.29, 1.82) is 0 Å². The van der Waals surface area contributed by atoms with E-state index in [1.807, 2.05) is 24.3 Å². The molecule has 0 saturated carbocycles. The van der Waals surface area contributed by atoms with Crippen LogP contribution in [-0.4, -0.2) is 25.5 Å². The van der Waals surface area contributed by atoms with E-state index in [0.29, 0.717) is 37.4 Å². The highest BCUT2D eigenvalue weighted by Crippen LogP contribution is 2.26. The molecule has 1 aromatic rings. The van der Waals surface area contributed by atoms with Gasteiger partial charge in [-0.1, -0.05) is 12.1 Å². The summed E-state index contributed by atoms with van der Waals surface area (Å²) in [4.78, 5) is 22.6. The molecule has 0 radical (unpaired) electrons. The van der Waals surface area contributed by atoms with Crippen molar-refractivity contribution in [1.82, 2.24) is 5.32 Å². The Morgan fingerprint density at radius 2 is 2.00 bits per heavy atom. The zero-order valence-electron chi connectivity index (χ0n) is 10.8. The van der Waals surface area contributed by atoms with E-state index in [-0.39, 0.29) is 17.7 Å². The number of rotatable bonds is 5. The van der Waals surface area contributed by atoms with Crippen molar-refractivity contribution in [3.63, 3.8) is 0 Å². The average Bonchev–Trinajstić information content (AvgIpc) is 2.42. The Kier molecular flexibility index (Phi) is 4.39. The summed E-state index contributed by atoms with van der Waals surface area (Å²) in [7, 11) is 1.59. The molecule has 0 aliphatic carbocycles. The Bertz CT molecular complexity index is 472. The molecule has 1 aliphatic rings. The summed E-state index contributed by atoms with van der Waals surface area (Å²) in [6.45, 7) is 0.423. The molecule has 5 nitrogen and oxygen atoms in total. The van der Waals surface area contributed by atoms with E-state index in [1.165, 1.54) is 0 Å². The van der Waals surface area contributed by atoms with Crippen molar-refractivity contribution < 1.29 is 19.1 Å². The Hall–Kier alpha value is -2.04. The molecule has 0 bridgehead atoms. The summed E-state index contributed by atoms with van der Waals surface area (Å²) in [6.07, 6.45) is 1.60. The van der Waals surface area contributed by atoms with E-state index >= 15 is 0 Å². The van der Waals surface area contributed by atoms with Crippen molar-refractivity contribution in [3.05, 3.63) is 24.3 Å². The van der Waals surface area contributed by atoms with Crippen LogP contribution < -0.4 is 14.8 Å². The number of carbonyl (C=O) groups is 2. The summed E-state index contributed by atoms with van der Waals surface area (Å²) in [5, 5.41) is 2.34. The van der Waals surface area contributed by atoms with E-state index in [9.17, 15) is 9.59 Å². The average molecular weight is 263 g/mol. The number of hydrogen-bond acceptors (Lipinski definition) is 4. The zero-order chi connectivity index (χ0) is 13.7. The molecule has 2 rings (SSSR count). The Morgan fingerprint density at radius 1 is 1.26 bits per heavy atom. The number of carbonyl (C=O) groups excluding carboxylic acids is 2. The number of nitrogens with one attached hydrogen (secondary N) is 1. The second-order valence-electron chi connectivity index (χ2n) is 4.44. The lowest BCUT2D eigenvalue weighted by Gasteiger charge is -2.20. The van der Waals surface area contributed by atoms with Gasteiger partial charge in [-0.15, -0.1) is 0 Å². The smallest absolute Gasteiger partial charge is 0.229 e. The molecule has 0 spiro atoms. The minimum Gasteiger partial charge on any atom is -0.493 e. The van der Waals surface area contributed by atoms with Gasteiger partial charge in [0.2, 0.25) is 11.8 Å².